The number of hydrogen-bond donors (Lipinski definition) is 0. The molecule has 0 bridgehead atoms. The van der Waals surface area contributed by atoms with Crippen molar-refractivity contribution in [1.29, 1.82) is 0 Å². The van der Waals surface area contributed by atoms with Gasteiger partial charge in [0.15, 0.2) is 17.3 Å². The van der Waals surface area contributed by atoms with Crippen molar-refractivity contribution in [2.24, 2.45) is 7.05 Å². The Balaban J connectivity index is 1.41. The number of hydrogen-bond acceptors (Lipinski definition) is 6. The molecule has 1 amide bonds. The molecule has 1 saturated heterocycles. The number of pyridine rings is 1. The van der Waals surface area contributed by atoms with Gasteiger partial charge in [0, 0.05) is 38.3 Å². The highest BCUT2D eigenvalue weighted by atomic mass is 16.5. The molecule has 162 valence electrons. The van der Waals surface area contributed by atoms with Gasteiger partial charge < -0.3 is 9.64 Å². The van der Waals surface area contributed by atoms with Crippen molar-refractivity contribution in [3.05, 3.63) is 65.6 Å². The lowest BCUT2D eigenvalue weighted by Crippen LogP contribution is -2.42. The van der Waals surface area contributed by atoms with Gasteiger partial charge in [0.05, 0.1) is 18.9 Å². The number of carbonyl (C=O) groups is 2. The highest BCUT2D eigenvalue weighted by molar-refractivity contribution is 6.07. The molecule has 9 nitrogen and oxygen atoms in total. The van der Waals surface area contributed by atoms with Crippen molar-refractivity contribution in [2.75, 3.05) is 20.2 Å². The van der Waals surface area contributed by atoms with Crippen molar-refractivity contribution in [2.45, 2.75) is 12.8 Å². The lowest BCUT2D eigenvalue weighted by atomic mass is 10.0. The Hall–Kier alpha value is -4.01. The van der Waals surface area contributed by atoms with E-state index in [2.05, 4.69) is 15.2 Å². The Morgan fingerprint density at radius 1 is 1.16 bits per heavy atom. The molecule has 0 N–H and O–H groups in total. The summed E-state index contributed by atoms with van der Waals surface area (Å²) in [5, 5.41) is 8.67. The minimum atomic E-state index is -0.161. The quantitative estimate of drug-likeness (QED) is 0.436. The molecule has 5 rings (SSSR count). The predicted molar refractivity (Wildman–Crippen MR) is 117 cm³/mol. The van der Waals surface area contributed by atoms with Crippen LogP contribution >= 0.6 is 0 Å². The summed E-state index contributed by atoms with van der Waals surface area (Å²) >= 11 is 0. The minimum Gasteiger partial charge on any atom is -0.497 e. The molecule has 4 aromatic rings. The highest BCUT2D eigenvalue weighted by Gasteiger charge is 2.28. The third kappa shape index (κ3) is 3.51. The van der Waals surface area contributed by atoms with Crippen LogP contribution in [-0.2, 0) is 13.5 Å². The van der Waals surface area contributed by atoms with Gasteiger partial charge in [-0.2, -0.15) is 5.10 Å². The number of carbonyl (C=O) groups excluding carboxylic acids is 2. The first-order valence-electron chi connectivity index (χ1n) is 10.4. The maximum atomic E-state index is 13.1. The number of nitrogens with zero attached hydrogens (tertiary/aromatic N) is 6. The van der Waals surface area contributed by atoms with E-state index in [4.69, 9.17) is 4.74 Å². The molecular weight excluding hydrogens is 408 g/mol. The number of likely N-dealkylation sites (tertiary alicyclic amines) is 1. The van der Waals surface area contributed by atoms with Crippen molar-refractivity contribution in [1.82, 2.24) is 29.3 Å². The standard InChI is InChI=1S/C23H22N6O3/c1-27-21(18(14-24-27)23(31)28-8-4-9-28)19(30)11-15-7-10-29-20(12-15)25-22(26-29)16-5-3-6-17(13-16)32-2/h3,5-7,10,12-14H,4,8-9,11H2,1-2H3. The Bertz CT molecular complexity index is 1330. The molecule has 32 heavy (non-hydrogen) atoms. The molecule has 3 aromatic heterocycles. The van der Waals surface area contributed by atoms with Gasteiger partial charge in [-0.3, -0.25) is 14.3 Å². The van der Waals surface area contributed by atoms with E-state index in [1.807, 2.05) is 36.4 Å². The molecule has 0 atom stereocenters. The maximum Gasteiger partial charge on any atom is 0.257 e. The van der Waals surface area contributed by atoms with Gasteiger partial charge in [-0.1, -0.05) is 12.1 Å². The van der Waals surface area contributed by atoms with E-state index in [1.54, 1.807) is 29.8 Å². The van der Waals surface area contributed by atoms with E-state index in [9.17, 15) is 9.59 Å². The molecule has 1 aromatic carbocycles. The molecule has 0 aliphatic carbocycles. The van der Waals surface area contributed by atoms with Crippen LogP contribution in [0.25, 0.3) is 17.0 Å². The second kappa shape index (κ2) is 7.92. The third-order valence-corrected chi connectivity index (χ3v) is 5.67. The second-order valence-electron chi connectivity index (χ2n) is 7.78. The van der Waals surface area contributed by atoms with Crippen LogP contribution in [0.4, 0.5) is 0 Å². The van der Waals surface area contributed by atoms with Crippen molar-refractivity contribution < 1.29 is 14.3 Å². The molecule has 0 saturated carbocycles. The number of aromatic nitrogens is 5. The summed E-state index contributed by atoms with van der Waals surface area (Å²) in [6.45, 7) is 1.45. The van der Waals surface area contributed by atoms with Crippen molar-refractivity contribution in [3.63, 3.8) is 0 Å². The third-order valence-electron chi connectivity index (χ3n) is 5.67. The van der Waals surface area contributed by atoms with E-state index < -0.39 is 0 Å². The lowest BCUT2D eigenvalue weighted by molar-refractivity contribution is 0.0647. The Kier molecular flexibility index (Phi) is 4.93. The van der Waals surface area contributed by atoms with Crippen LogP contribution in [0.2, 0.25) is 0 Å². The molecule has 9 heteroatoms. The summed E-state index contributed by atoms with van der Waals surface area (Å²) in [7, 11) is 3.30. The van der Waals surface area contributed by atoms with Gasteiger partial charge in [-0.15, -0.1) is 5.10 Å². The van der Waals surface area contributed by atoms with Gasteiger partial charge >= 0.3 is 0 Å². The first kappa shape index (κ1) is 19.9. The Morgan fingerprint density at radius 2 is 2.00 bits per heavy atom. The normalized spacial score (nSPS) is 13.2. The number of ether oxygens (including phenoxy) is 1. The number of fused-ring (bicyclic) bond motifs is 1. The zero-order valence-electron chi connectivity index (χ0n) is 17.9. The molecule has 0 radical (unpaired) electrons. The van der Waals surface area contributed by atoms with Crippen LogP contribution in [0.5, 0.6) is 5.75 Å². The molecular formula is C23H22N6O3. The summed E-state index contributed by atoms with van der Waals surface area (Å²) in [5.74, 6) is 1.00. The zero-order valence-corrected chi connectivity index (χ0v) is 17.9. The molecule has 1 aliphatic rings. The smallest absolute Gasteiger partial charge is 0.257 e. The number of rotatable bonds is 6. The van der Waals surface area contributed by atoms with E-state index >= 15 is 0 Å². The number of ketones is 1. The minimum absolute atomic E-state index is 0.136. The highest BCUT2D eigenvalue weighted by Crippen LogP contribution is 2.22. The fourth-order valence-electron chi connectivity index (χ4n) is 3.80. The summed E-state index contributed by atoms with van der Waals surface area (Å²) in [6.07, 6.45) is 4.39. The predicted octanol–water partition coefficient (Wildman–Crippen LogP) is 2.41. The summed E-state index contributed by atoms with van der Waals surface area (Å²) in [4.78, 5) is 32.1. The lowest BCUT2D eigenvalue weighted by Gasteiger charge is -2.30. The SMILES string of the molecule is COc1cccc(-c2nc3cc(CC(=O)c4c(C(=O)N5CCC5)cnn4C)ccn3n2)c1. The Labute approximate surface area is 184 Å². The van der Waals surface area contributed by atoms with E-state index in [0.29, 0.717) is 22.7 Å². The number of benzene rings is 1. The molecule has 0 unspecified atom stereocenters. The summed E-state index contributed by atoms with van der Waals surface area (Å²) in [5.41, 5.74) is 2.96. The van der Waals surface area contributed by atoms with Gasteiger partial charge in [0.1, 0.15) is 11.4 Å². The van der Waals surface area contributed by atoms with E-state index in [0.717, 1.165) is 36.4 Å². The molecule has 4 heterocycles. The summed E-state index contributed by atoms with van der Waals surface area (Å²) < 4.78 is 8.43. The number of methoxy groups -OCH3 is 1. The second-order valence-corrected chi connectivity index (χ2v) is 7.78. The van der Waals surface area contributed by atoms with Crippen LogP contribution in [0.3, 0.4) is 0 Å². The van der Waals surface area contributed by atoms with Crippen LogP contribution in [0, 0.1) is 0 Å². The number of amides is 1. The average Bonchev–Trinajstić information content (AvgIpc) is 3.35. The van der Waals surface area contributed by atoms with Crippen LogP contribution < -0.4 is 4.74 Å². The Morgan fingerprint density at radius 3 is 2.75 bits per heavy atom. The monoisotopic (exact) mass is 430 g/mol. The zero-order chi connectivity index (χ0) is 22.2. The molecule has 1 fully saturated rings. The largest absolute Gasteiger partial charge is 0.497 e. The van der Waals surface area contributed by atoms with Crippen molar-refractivity contribution in [3.8, 4) is 17.1 Å². The van der Waals surface area contributed by atoms with Crippen molar-refractivity contribution >= 4 is 17.3 Å². The fraction of sp³-hybridized carbons (Fsp3) is 0.261. The summed E-state index contributed by atoms with van der Waals surface area (Å²) in [6, 6.07) is 11.2. The molecule has 0 spiro atoms. The van der Waals surface area contributed by atoms with Gasteiger partial charge in [0.25, 0.3) is 5.91 Å². The fourth-order valence-corrected chi connectivity index (χ4v) is 3.80. The van der Waals surface area contributed by atoms with Gasteiger partial charge in [0.2, 0.25) is 0 Å². The first-order chi connectivity index (χ1) is 15.5. The maximum absolute atomic E-state index is 13.1. The first-order valence-corrected chi connectivity index (χ1v) is 10.4. The number of aryl methyl sites for hydroxylation is 1. The molecule has 1 aliphatic heterocycles. The average molecular weight is 430 g/mol. The topological polar surface area (TPSA) is 94.6 Å². The van der Waals surface area contributed by atoms with Crippen LogP contribution in [0.1, 0.15) is 32.8 Å². The van der Waals surface area contributed by atoms with Crippen LogP contribution in [0.15, 0.2) is 48.8 Å². The van der Waals surface area contributed by atoms with E-state index in [-0.39, 0.29) is 18.1 Å². The van der Waals surface area contributed by atoms with Gasteiger partial charge in [-0.25, -0.2) is 9.50 Å². The van der Waals surface area contributed by atoms with Gasteiger partial charge in [-0.05, 0) is 36.2 Å². The van der Waals surface area contributed by atoms with Crippen LogP contribution in [-0.4, -0.2) is 61.2 Å². The number of Topliss-reactive ketones (excluding diaryl/α,β-unsaturated/α-hetero) is 1. The van der Waals surface area contributed by atoms with E-state index in [1.165, 1.54) is 10.9 Å².